The highest BCUT2D eigenvalue weighted by Crippen LogP contribution is 2.25. The van der Waals surface area contributed by atoms with Crippen molar-refractivity contribution in [2.75, 3.05) is 36.9 Å². The summed E-state index contributed by atoms with van der Waals surface area (Å²) >= 11 is 0. The van der Waals surface area contributed by atoms with Gasteiger partial charge in [0.1, 0.15) is 5.82 Å². The highest BCUT2D eigenvalue weighted by Gasteiger charge is 2.13. The fourth-order valence-electron chi connectivity index (χ4n) is 3.33. The molecule has 0 aliphatic carbocycles. The highest BCUT2D eigenvalue weighted by molar-refractivity contribution is 5.99. The molecule has 1 aromatic heterocycles. The molecule has 0 unspecified atom stereocenters. The second-order valence-electron chi connectivity index (χ2n) is 7.45. The van der Waals surface area contributed by atoms with Crippen LogP contribution in [0.2, 0.25) is 0 Å². The normalized spacial score (nSPS) is 14.7. The summed E-state index contributed by atoms with van der Waals surface area (Å²) in [5.74, 6) is 0.428. The van der Waals surface area contributed by atoms with Gasteiger partial charge in [-0.15, -0.1) is 0 Å². The van der Waals surface area contributed by atoms with Crippen LogP contribution in [0.25, 0.3) is 11.3 Å². The maximum absolute atomic E-state index is 11.7. The zero-order valence-electron chi connectivity index (χ0n) is 17.9. The van der Waals surface area contributed by atoms with E-state index < -0.39 is 0 Å². The van der Waals surface area contributed by atoms with E-state index in [2.05, 4.69) is 34.8 Å². The number of rotatable bonds is 8. The Morgan fingerprint density at radius 3 is 2.74 bits per heavy atom. The van der Waals surface area contributed by atoms with Crippen LogP contribution in [0.4, 0.5) is 11.5 Å². The number of pyridine rings is 1. The van der Waals surface area contributed by atoms with Crippen molar-refractivity contribution in [3.8, 4) is 11.3 Å². The molecule has 0 atom stereocenters. The van der Waals surface area contributed by atoms with Crippen LogP contribution in [-0.2, 0) is 16.1 Å². The Balaban J connectivity index is 1.92. The van der Waals surface area contributed by atoms with Crippen LogP contribution in [-0.4, -0.2) is 42.1 Å². The lowest BCUT2D eigenvalue weighted by atomic mass is 10.1. The Labute approximate surface area is 183 Å². The smallest absolute Gasteiger partial charge is 0.247 e. The van der Waals surface area contributed by atoms with Crippen LogP contribution >= 0.6 is 0 Å². The van der Waals surface area contributed by atoms with Gasteiger partial charge in [-0.25, -0.2) is 4.98 Å². The number of carbonyl (C=O) groups excluding carboxylic acids is 1. The van der Waals surface area contributed by atoms with Crippen molar-refractivity contribution in [1.29, 1.82) is 0 Å². The third-order valence-electron chi connectivity index (χ3n) is 4.70. The molecule has 1 saturated heterocycles. The molecule has 1 fully saturated rings. The van der Waals surface area contributed by atoms with Crippen LogP contribution in [0.5, 0.6) is 0 Å². The summed E-state index contributed by atoms with van der Waals surface area (Å²) in [5.41, 5.74) is 10.6. The number of nitrogens with one attached hydrogen (secondary N) is 2. The number of allylic oxidation sites excluding steroid dienone is 2. The largest absolute Gasteiger partial charge is 0.402 e. The SMILES string of the molecule is C=CC(=O)Nc1cccc(-c2cc(CN3CCOCC3)cc(NC(=C)/C=C(/C)N)n2)c1. The topological polar surface area (TPSA) is 92.5 Å². The van der Waals surface area contributed by atoms with Crippen LogP contribution in [0.1, 0.15) is 12.5 Å². The fraction of sp³-hybridized carbons (Fsp3) is 0.250. The molecule has 1 aliphatic heterocycles. The number of aromatic nitrogens is 1. The van der Waals surface area contributed by atoms with Crippen LogP contribution < -0.4 is 16.4 Å². The van der Waals surface area contributed by atoms with Gasteiger partial charge < -0.3 is 21.1 Å². The molecule has 2 heterocycles. The molecule has 1 amide bonds. The number of hydrogen-bond donors (Lipinski definition) is 3. The van der Waals surface area contributed by atoms with E-state index in [1.54, 1.807) is 6.08 Å². The van der Waals surface area contributed by atoms with Gasteiger partial charge in [0.25, 0.3) is 0 Å². The number of hydrogen-bond acceptors (Lipinski definition) is 6. The molecule has 4 N–H and O–H groups in total. The van der Waals surface area contributed by atoms with Gasteiger partial charge in [-0.1, -0.05) is 25.3 Å². The Morgan fingerprint density at radius 2 is 2.03 bits per heavy atom. The van der Waals surface area contributed by atoms with Crippen molar-refractivity contribution in [1.82, 2.24) is 9.88 Å². The predicted octanol–water partition coefficient (Wildman–Crippen LogP) is 3.49. The quantitative estimate of drug-likeness (QED) is 0.448. The molecule has 3 rings (SSSR count). The number of anilines is 2. The van der Waals surface area contributed by atoms with E-state index in [0.29, 0.717) is 22.9 Å². The molecular weight excluding hydrogens is 390 g/mol. The van der Waals surface area contributed by atoms with Crippen molar-refractivity contribution in [3.05, 3.63) is 78.7 Å². The van der Waals surface area contributed by atoms with E-state index in [9.17, 15) is 4.79 Å². The number of nitrogens with two attached hydrogens (primary N) is 1. The second kappa shape index (κ2) is 10.6. The van der Waals surface area contributed by atoms with Crippen molar-refractivity contribution in [3.63, 3.8) is 0 Å². The van der Waals surface area contributed by atoms with Gasteiger partial charge in [0, 0.05) is 42.3 Å². The zero-order valence-corrected chi connectivity index (χ0v) is 17.9. The van der Waals surface area contributed by atoms with E-state index in [4.69, 9.17) is 15.5 Å². The van der Waals surface area contributed by atoms with Gasteiger partial charge in [0.15, 0.2) is 0 Å². The summed E-state index contributed by atoms with van der Waals surface area (Å²) < 4.78 is 5.46. The van der Waals surface area contributed by atoms with E-state index in [-0.39, 0.29) is 5.91 Å². The van der Waals surface area contributed by atoms with Crippen LogP contribution in [0.15, 0.2) is 73.1 Å². The Hall–Kier alpha value is -3.42. The number of benzene rings is 1. The Bertz CT molecular complexity index is 989. The fourth-order valence-corrected chi connectivity index (χ4v) is 3.33. The number of ether oxygens (including phenoxy) is 1. The molecule has 162 valence electrons. The average molecular weight is 420 g/mol. The predicted molar refractivity (Wildman–Crippen MR) is 125 cm³/mol. The molecule has 0 radical (unpaired) electrons. The molecule has 0 bridgehead atoms. The number of amides is 1. The van der Waals surface area contributed by atoms with Crippen molar-refractivity contribution in [2.24, 2.45) is 5.73 Å². The molecule has 7 heteroatoms. The Kier molecular flexibility index (Phi) is 7.59. The van der Waals surface area contributed by atoms with E-state index in [1.807, 2.05) is 37.3 Å². The monoisotopic (exact) mass is 419 g/mol. The molecular formula is C24H29N5O2. The lowest BCUT2D eigenvalue weighted by Gasteiger charge is -2.27. The molecule has 1 aromatic carbocycles. The molecule has 1 aliphatic rings. The zero-order chi connectivity index (χ0) is 22.2. The van der Waals surface area contributed by atoms with Gasteiger partial charge in [0.05, 0.1) is 18.9 Å². The Morgan fingerprint density at radius 1 is 1.26 bits per heavy atom. The maximum Gasteiger partial charge on any atom is 0.247 e. The van der Waals surface area contributed by atoms with Crippen LogP contribution in [0, 0.1) is 0 Å². The minimum absolute atomic E-state index is 0.256. The summed E-state index contributed by atoms with van der Waals surface area (Å²) in [5, 5.41) is 6.02. The second-order valence-corrected chi connectivity index (χ2v) is 7.45. The summed E-state index contributed by atoms with van der Waals surface area (Å²) in [6.07, 6.45) is 3.01. The van der Waals surface area contributed by atoms with Crippen molar-refractivity contribution < 1.29 is 9.53 Å². The van der Waals surface area contributed by atoms with E-state index in [1.165, 1.54) is 6.08 Å². The molecule has 0 spiro atoms. The first kappa shape index (κ1) is 22.3. The minimum Gasteiger partial charge on any atom is -0.402 e. The van der Waals surface area contributed by atoms with E-state index >= 15 is 0 Å². The molecule has 0 saturated carbocycles. The van der Waals surface area contributed by atoms with Gasteiger partial charge in [-0.3, -0.25) is 9.69 Å². The van der Waals surface area contributed by atoms with Gasteiger partial charge >= 0.3 is 0 Å². The first-order valence-electron chi connectivity index (χ1n) is 10.2. The summed E-state index contributed by atoms with van der Waals surface area (Å²) in [4.78, 5) is 18.8. The summed E-state index contributed by atoms with van der Waals surface area (Å²) in [6, 6.07) is 11.7. The lowest BCUT2D eigenvalue weighted by Crippen LogP contribution is -2.35. The third kappa shape index (κ3) is 6.80. The first-order valence-corrected chi connectivity index (χ1v) is 10.2. The highest BCUT2D eigenvalue weighted by atomic mass is 16.5. The molecule has 2 aromatic rings. The molecule has 31 heavy (non-hydrogen) atoms. The number of morpholine rings is 1. The summed E-state index contributed by atoms with van der Waals surface area (Å²) in [6.45, 7) is 13.4. The molecule has 7 nitrogen and oxygen atoms in total. The van der Waals surface area contributed by atoms with Crippen LogP contribution in [0.3, 0.4) is 0 Å². The average Bonchev–Trinajstić information content (AvgIpc) is 2.73. The van der Waals surface area contributed by atoms with Gasteiger partial charge in [-0.05, 0) is 48.9 Å². The number of nitrogens with zero attached hydrogens (tertiary/aromatic N) is 2. The first-order chi connectivity index (χ1) is 14.9. The third-order valence-corrected chi connectivity index (χ3v) is 4.70. The summed E-state index contributed by atoms with van der Waals surface area (Å²) in [7, 11) is 0. The van der Waals surface area contributed by atoms with Gasteiger partial charge in [-0.2, -0.15) is 0 Å². The van der Waals surface area contributed by atoms with E-state index in [0.717, 1.165) is 49.7 Å². The van der Waals surface area contributed by atoms with Crippen molar-refractivity contribution in [2.45, 2.75) is 13.5 Å². The number of carbonyl (C=O) groups is 1. The van der Waals surface area contributed by atoms with Crippen molar-refractivity contribution >= 4 is 17.4 Å². The minimum atomic E-state index is -0.256. The standard InChI is InChI=1S/C24H29N5O2/c1-4-24(30)27-21-7-5-6-20(15-21)22-13-19(16-29-8-10-31-11-9-29)14-23(28-22)26-18(3)12-17(2)25/h4-7,12-15H,1,3,8-11,16,25H2,2H3,(H,26,28)(H,27,30)/b17-12-. The lowest BCUT2D eigenvalue weighted by molar-refractivity contribution is -0.111. The maximum atomic E-state index is 11.7. The van der Waals surface area contributed by atoms with Gasteiger partial charge in [0.2, 0.25) is 5.91 Å².